The molecule has 0 aliphatic carbocycles. The lowest BCUT2D eigenvalue weighted by Gasteiger charge is -2.14. The molecule has 5 aromatic rings. The van der Waals surface area contributed by atoms with E-state index in [2.05, 4.69) is 37.7 Å². The van der Waals surface area contributed by atoms with Crippen molar-refractivity contribution in [3.8, 4) is 0 Å². The molecule has 8 nitrogen and oxygen atoms in total. The Hall–Kier alpha value is -4.15. The van der Waals surface area contributed by atoms with Crippen LogP contribution in [-0.2, 0) is 0 Å². The number of rotatable bonds is 7. The van der Waals surface area contributed by atoms with Gasteiger partial charge in [-0.05, 0) is 61.4 Å². The van der Waals surface area contributed by atoms with Crippen molar-refractivity contribution in [1.82, 2.24) is 4.98 Å². The van der Waals surface area contributed by atoms with Crippen LogP contribution in [0, 0.1) is 0 Å². The zero-order valence-corrected chi connectivity index (χ0v) is 21.9. The van der Waals surface area contributed by atoms with Crippen LogP contribution in [-0.4, -0.2) is 18.1 Å². The Morgan fingerprint density at radius 2 is 1.43 bits per heavy atom. The molecular formula is C27H30N8S2. The fraction of sp³-hybridized carbons (Fsp3) is 0.148. The van der Waals surface area contributed by atoms with Gasteiger partial charge >= 0.3 is 0 Å². The average Bonchev–Trinajstić information content (AvgIpc) is 3.72. The molecule has 1 aliphatic heterocycles. The second-order valence-corrected chi connectivity index (χ2v) is 10.5. The van der Waals surface area contributed by atoms with E-state index in [4.69, 9.17) is 11.5 Å². The third kappa shape index (κ3) is 6.35. The number of hydrogen-bond donors (Lipinski definition) is 6. The van der Waals surface area contributed by atoms with Gasteiger partial charge in [-0.2, -0.15) is 0 Å². The normalized spacial score (nSPS) is 12.6. The van der Waals surface area contributed by atoms with Gasteiger partial charge in [-0.3, -0.25) is 10.9 Å². The van der Waals surface area contributed by atoms with Gasteiger partial charge in [-0.25, -0.2) is 4.98 Å². The first-order valence-electron chi connectivity index (χ1n) is 12.1. The van der Waals surface area contributed by atoms with Crippen LogP contribution in [0.15, 0.2) is 84.4 Å². The number of hydrogen-bond acceptors (Lipinski definition) is 10. The van der Waals surface area contributed by atoms with Crippen molar-refractivity contribution in [3.63, 3.8) is 0 Å². The minimum Gasteiger partial charge on any atom is -0.398 e. The molecule has 37 heavy (non-hydrogen) atoms. The summed E-state index contributed by atoms with van der Waals surface area (Å²) >= 11 is 3.23. The highest BCUT2D eigenvalue weighted by atomic mass is 32.1. The predicted molar refractivity (Wildman–Crippen MR) is 162 cm³/mol. The minimum absolute atomic E-state index is 0.773. The van der Waals surface area contributed by atoms with Crippen molar-refractivity contribution in [2.75, 3.05) is 51.2 Å². The number of nitrogens with two attached hydrogens (primary N) is 2. The highest BCUT2D eigenvalue weighted by molar-refractivity contribution is 7.19. The molecule has 3 aromatic carbocycles. The van der Waals surface area contributed by atoms with Crippen molar-refractivity contribution in [3.05, 3.63) is 84.4 Å². The zero-order valence-electron chi connectivity index (χ0n) is 20.3. The fourth-order valence-corrected chi connectivity index (χ4v) is 5.38. The SMILES string of the molecule is Nc1ccc(N2CCCC2)s1.Nc1ccc(NNc2ccc(NNc3nccs3)cc2)c2ccccc12. The summed E-state index contributed by atoms with van der Waals surface area (Å²) in [4.78, 5) is 6.56. The number of hydrazine groups is 2. The van der Waals surface area contributed by atoms with Crippen molar-refractivity contribution >= 4 is 71.3 Å². The third-order valence-electron chi connectivity index (χ3n) is 5.96. The Morgan fingerprint density at radius 1 is 0.730 bits per heavy atom. The molecule has 190 valence electrons. The van der Waals surface area contributed by atoms with E-state index in [0.717, 1.165) is 43.7 Å². The van der Waals surface area contributed by atoms with Gasteiger partial charge in [-0.1, -0.05) is 24.3 Å². The molecule has 10 heteroatoms. The summed E-state index contributed by atoms with van der Waals surface area (Å²) in [6, 6.07) is 24.0. The molecule has 2 aromatic heterocycles. The van der Waals surface area contributed by atoms with Crippen LogP contribution < -0.4 is 38.1 Å². The van der Waals surface area contributed by atoms with Crippen LogP contribution in [0.25, 0.3) is 10.8 Å². The summed E-state index contributed by atoms with van der Waals surface area (Å²) in [6.07, 6.45) is 4.42. The third-order valence-corrected chi connectivity index (χ3v) is 7.62. The molecule has 0 saturated carbocycles. The first-order valence-corrected chi connectivity index (χ1v) is 13.8. The van der Waals surface area contributed by atoms with Crippen molar-refractivity contribution in [1.29, 1.82) is 0 Å². The van der Waals surface area contributed by atoms with Gasteiger partial charge < -0.3 is 27.2 Å². The molecule has 0 spiro atoms. The zero-order chi connectivity index (χ0) is 25.5. The molecule has 0 bridgehead atoms. The van der Waals surface area contributed by atoms with Gasteiger partial charge in [0.25, 0.3) is 0 Å². The molecule has 0 amide bonds. The second-order valence-electron chi connectivity index (χ2n) is 8.53. The summed E-state index contributed by atoms with van der Waals surface area (Å²) in [5, 5.41) is 7.11. The maximum absolute atomic E-state index is 6.05. The standard InChI is InChI=1S/C19H18N6S.C8H12N2S/c20-17-9-10-18(16-4-2-1-3-15(16)17)24-22-13-5-7-14(8-6-13)23-25-19-21-11-12-26-19;9-7-3-4-8(11-7)10-5-1-2-6-10/h1-12,22-24H,20H2,(H,21,25);3-4H,1-2,5-6,9H2. The molecule has 1 aliphatic rings. The van der Waals surface area contributed by atoms with Crippen LogP contribution in [0.2, 0.25) is 0 Å². The molecule has 6 rings (SSSR count). The molecule has 8 N–H and O–H groups in total. The molecule has 1 saturated heterocycles. The number of thiazole rings is 1. The number of anilines is 7. The van der Waals surface area contributed by atoms with Gasteiger partial charge in [0.2, 0.25) is 5.13 Å². The molecule has 0 atom stereocenters. The summed E-state index contributed by atoms with van der Waals surface area (Å²) in [5.74, 6) is 0. The van der Waals surface area contributed by atoms with Gasteiger partial charge in [-0.15, -0.1) is 22.7 Å². The van der Waals surface area contributed by atoms with Gasteiger partial charge in [0, 0.05) is 41.1 Å². The van der Waals surface area contributed by atoms with Gasteiger partial charge in [0.1, 0.15) is 0 Å². The number of nitrogens with zero attached hydrogens (tertiary/aromatic N) is 2. The number of nitrogen functional groups attached to an aromatic ring is 2. The van der Waals surface area contributed by atoms with E-state index in [0.29, 0.717) is 0 Å². The molecule has 0 unspecified atom stereocenters. The second kappa shape index (κ2) is 11.7. The number of nitrogens with one attached hydrogen (secondary N) is 4. The van der Waals surface area contributed by atoms with Gasteiger partial charge in [0.15, 0.2) is 0 Å². The number of aromatic nitrogens is 1. The van der Waals surface area contributed by atoms with Crippen LogP contribution in [0.3, 0.4) is 0 Å². The summed E-state index contributed by atoms with van der Waals surface area (Å²) in [6.45, 7) is 2.42. The van der Waals surface area contributed by atoms with Crippen LogP contribution in [0.1, 0.15) is 12.8 Å². The average molecular weight is 531 g/mol. The molecule has 3 heterocycles. The van der Waals surface area contributed by atoms with Crippen LogP contribution >= 0.6 is 22.7 Å². The fourth-order valence-electron chi connectivity index (χ4n) is 4.07. The van der Waals surface area contributed by atoms with E-state index < -0.39 is 0 Å². The topological polar surface area (TPSA) is 116 Å². The quantitative estimate of drug-likeness (QED) is 0.102. The maximum atomic E-state index is 6.05. The Labute approximate surface area is 224 Å². The van der Waals surface area contributed by atoms with E-state index in [9.17, 15) is 0 Å². The molecular weight excluding hydrogens is 500 g/mol. The Morgan fingerprint density at radius 3 is 2.08 bits per heavy atom. The summed E-state index contributed by atoms with van der Waals surface area (Å²) in [5.41, 5.74) is 28.0. The van der Waals surface area contributed by atoms with E-state index >= 15 is 0 Å². The van der Waals surface area contributed by atoms with E-state index in [1.54, 1.807) is 17.5 Å². The predicted octanol–water partition coefficient (Wildman–Crippen LogP) is 6.69. The smallest absolute Gasteiger partial charge is 0.201 e. The van der Waals surface area contributed by atoms with Crippen LogP contribution in [0.4, 0.5) is 37.9 Å². The Balaban J connectivity index is 0.000000212. The largest absolute Gasteiger partial charge is 0.398 e. The monoisotopic (exact) mass is 530 g/mol. The Kier molecular flexibility index (Phi) is 7.78. The summed E-state index contributed by atoms with van der Waals surface area (Å²) in [7, 11) is 0. The minimum atomic E-state index is 0.773. The first-order chi connectivity index (χ1) is 18.2. The lowest BCUT2D eigenvalue weighted by Crippen LogP contribution is -2.15. The lowest BCUT2D eigenvalue weighted by molar-refractivity contribution is 0.949. The van der Waals surface area contributed by atoms with E-state index in [1.807, 2.05) is 72.1 Å². The highest BCUT2D eigenvalue weighted by Gasteiger charge is 2.13. The Bertz CT molecular complexity index is 1410. The number of benzene rings is 3. The van der Waals surface area contributed by atoms with Crippen molar-refractivity contribution in [2.24, 2.45) is 0 Å². The molecule has 0 radical (unpaired) electrons. The maximum Gasteiger partial charge on any atom is 0.201 e. The first kappa shape index (κ1) is 24.5. The highest BCUT2D eigenvalue weighted by Crippen LogP contribution is 2.30. The van der Waals surface area contributed by atoms with Crippen molar-refractivity contribution in [2.45, 2.75) is 12.8 Å². The van der Waals surface area contributed by atoms with Gasteiger partial charge in [0.05, 0.1) is 27.1 Å². The number of fused-ring (bicyclic) bond motifs is 1. The summed E-state index contributed by atoms with van der Waals surface area (Å²) < 4.78 is 0. The number of thiophene rings is 1. The molecule has 1 fully saturated rings. The lowest BCUT2D eigenvalue weighted by atomic mass is 10.1. The van der Waals surface area contributed by atoms with E-state index in [1.165, 1.54) is 42.3 Å². The van der Waals surface area contributed by atoms with E-state index in [-0.39, 0.29) is 0 Å². The van der Waals surface area contributed by atoms with Crippen LogP contribution in [0.5, 0.6) is 0 Å². The van der Waals surface area contributed by atoms with Crippen molar-refractivity contribution < 1.29 is 0 Å².